The number of aromatic amines is 1. The summed E-state index contributed by atoms with van der Waals surface area (Å²) in [5, 5.41) is 10.9. The zero-order chi connectivity index (χ0) is 18.5. The molecular formula is C20H20ClN3O2. The van der Waals surface area contributed by atoms with Crippen molar-refractivity contribution in [1.29, 1.82) is 0 Å². The van der Waals surface area contributed by atoms with Crippen molar-refractivity contribution in [3.63, 3.8) is 0 Å². The summed E-state index contributed by atoms with van der Waals surface area (Å²) in [6, 6.07) is 14.5. The smallest absolute Gasteiger partial charge is 0.257 e. The summed E-state index contributed by atoms with van der Waals surface area (Å²) in [6.45, 7) is 2.08. The molecule has 26 heavy (non-hydrogen) atoms. The number of benzene rings is 2. The summed E-state index contributed by atoms with van der Waals surface area (Å²) in [6.07, 6.45) is 1.70. The molecule has 6 heteroatoms. The first-order valence-electron chi connectivity index (χ1n) is 8.41. The van der Waals surface area contributed by atoms with E-state index in [1.807, 2.05) is 24.3 Å². The molecule has 3 aromatic rings. The van der Waals surface area contributed by atoms with Gasteiger partial charge in [-0.1, -0.05) is 49.2 Å². The lowest BCUT2D eigenvalue weighted by atomic mass is 10.1. The van der Waals surface area contributed by atoms with Gasteiger partial charge >= 0.3 is 0 Å². The van der Waals surface area contributed by atoms with Gasteiger partial charge in [-0.05, 0) is 30.7 Å². The van der Waals surface area contributed by atoms with Crippen LogP contribution in [0.25, 0.3) is 11.3 Å². The van der Waals surface area contributed by atoms with E-state index < -0.39 is 0 Å². The first-order chi connectivity index (χ1) is 12.6. The van der Waals surface area contributed by atoms with Crippen LogP contribution >= 0.6 is 11.6 Å². The number of H-pyrrole nitrogens is 1. The number of anilines is 1. The molecule has 0 aliphatic rings. The number of hydrogen-bond acceptors (Lipinski definition) is 3. The standard InChI is InChI=1S/C20H20ClN3O2/c1-3-7-17-19(22-20(25)15-10-4-5-11-16(15)21)18(24-23-17)13-8-6-9-14(12-13)26-2/h4-6,8-12H,3,7H2,1-2H3,(H,22,25)(H,23,24). The predicted molar refractivity (Wildman–Crippen MR) is 104 cm³/mol. The summed E-state index contributed by atoms with van der Waals surface area (Å²) in [5.74, 6) is 0.462. The van der Waals surface area contributed by atoms with Gasteiger partial charge in [0.1, 0.15) is 11.4 Å². The Labute approximate surface area is 157 Å². The van der Waals surface area contributed by atoms with E-state index in [0.29, 0.717) is 22.0 Å². The van der Waals surface area contributed by atoms with Gasteiger partial charge in [-0.3, -0.25) is 9.89 Å². The van der Waals surface area contributed by atoms with E-state index in [9.17, 15) is 4.79 Å². The van der Waals surface area contributed by atoms with Crippen molar-refractivity contribution in [2.75, 3.05) is 12.4 Å². The van der Waals surface area contributed by atoms with Gasteiger partial charge in [-0.15, -0.1) is 0 Å². The Morgan fingerprint density at radius 1 is 1.23 bits per heavy atom. The molecule has 1 amide bonds. The van der Waals surface area contributed by atoms with E-state index in [0.717, 1.165) is 29.8 Å². The maximum atomic E-state index is 12.7. The highest BCUT2D eigenvalue weighted by molar-refractivity contribution is 6.34. The Kier molecular flexibility index (Phi) is 5.58. The third-order valence-corrected chi connectivity index (χ3v) is 4.37. The van der Waals surface area contributed by atoms with Gasteiger partial charge in [-0.2, -0.15) is 5.10 Å². The Morgan fingerprint density at radius 2 is 2.04 bits per heavy atom. The third-order valence-electron chi connectivity index (χ3n) is 4.04. The minimum atomic E-state index is -0.265. The zero-order valence-electron chi connectivity index (χ0n) is 14.7. The molecule has 1 heterocycles. The molecule has 0 fully saturated rings. The maximum absolute atomic E-state index is 12.7. The highest BCUT2D eigenvalue weighted by Gasteiger charge is 2.19. The Bertz CT molecular complexity index is 921. The first kappa shape index (κ1) is 18.0. The van der Waals surface area contributed by atoms with Gasteiger partial charge in [0.15, 0.2) is 0 Å². The van der Waals surface area contributed by atoms with Crippen LogP contribution in [-0.2, 0) is 6.42 Å². The fourth-order valence-corrected chi connectivity index (χ4v) is 2.97. The topological polar surface area (TPSA) is 67.0 Å². The lowest BCUT2D eigenvalue weighted by Gasteiger charge is -2.10. The van der Waals surface area contributed by atoms with Gasteiger partial charge in [-0.25, -0.2) is 0 Å². The summed E-state index contributed by atoms with van der Waals surface area (Å²) >= 11 is 6.16. The monoisotopic (exact) mass is 369 g/mol. The number of carbonyl (C=O) groups excluding carboxylic acids is 1. The van der Waals surface area contributed by atoms with E-state index in [1.165, 1.54) is 0 Å². The van der Waals surface area contributed by atoms with Crippen molar-refractivity contribution in [2.24, 2.45) is 0 Å². The Hall–Kier alpha value is -2.79. The number of hydrogen-bond donors (Lipinski definition) is 2. The van der Waals surface area contributed by atoms with E-state index in [-0.39, 0.29) is 5.91 Å². The van der Waals surface area contributed by atoms with Crippen molar-refractivity contribution in [3.8, 4) is 17.0 Å². The molecule has 0 saturated heterocycles. The predicted octanol–water partition coefficient (Wildman–Crippen LogP) is 4.94. The van der Waals surface area contributed by atoms with Crippen LogP contribution in [0.1, 0.15) is 29.4 Å². The molecule has 0 unspecified atom stereocenters. The molecule has 2 N–H and O–H groups in total. The largest absolute Gasteiger partial charge is 0.497 e. The Morgan fingerprint density at radius 3 is 2.77 bits per heavy atom. The summed E-state index contributed by atoms with van der Waals surface area (Å²) < 4.78 is 5.29. The van der Waals surface area contributed by atoms with Crippen LogP contribution in [0.2, 0.25) is 5.02 Å². The van der Waals surface area contributed by atoms with Crippen molar-refractivity contribution < 1.29 is 9.53 Å². The molecular weight excluding hydrogens is 350 g/mol. The summed E-state index contributed by atoms with van der Waals surface area (Å²) in [5.41, 5.74) is 3.51. The number of rotatable bonds is 6. The number of amides is 1. The van der Waals surface area contributed by atoms with E-state index in [2.05, 4.69) is 22.4 Å². The fourth-order valence-electron chi connectivity index (χ4n) is 2.75. The van der Waals surface area contributed by atoms with Crippen molar-refractivity contribution >= 4 is 23.2 Å². The molecule has 0 radical (unpaired) electrons. The number of nitrogens with one attached hydrogen (secondary N) is 2. The van der Waals surface area contributed by atoms with Gasteiger partial charge in [0, 0.05) is 5.56 Å². The van der Waals surface area contributed by atoms with Crippen LogP contribution in [-0.4, -0.2) is 23.2 Å². The molecule has 0 aliphatic carbocycles. The number of aryl methyl sites for hydroxylation is 1. The van der Waals surface area contributed by atoms with Crippen LogP contribution < -0.4 is 10.1 Å². The molecule has 0 spiro atoms. The molecule has 0 atom stereocenters. The van der Waals surface area contributed by atoms with Gasteiger partial charge in [0.05, 0.1) is 29.1 Å². The molecule has 1 aromatic heterocycles. The number of carbonyl (C=O) groups is 1. The zero-order valence-corrected chi connectivity index (χ0v) is 15.4. The van der Waals surface area contributed by atoms with Gasteiger partial charge in [0.25, 0.3) is 5.91 Å². The first-order valence-corrected chi connectivity index (χ1v) is 8.79. The lowest BCUT2D eigenvalue weighted by Crippen LogP contribution is -2.14. The summed E-state index contributed by atoms with van der Waals surface area (Å²) in [7, 11) is 1.62. The van der Waals surface area contributed by atoms with E-state index in [4.69, 9.17) is 16.3 Å². The number of methoxy groups -OCH3 is 1. The summed E-state index contributed by atoms with van der Waals surface area (Å²) in [4.78, 5) is 12.7. The second kappa shape index (κ2) is 8.06. The minimum absolute atomic E-state index is 0.265. The molecule has 3 rings (SSSR count). The van der Waals surface area contributed by atoms with Crippen molar-refractivity contribution in [2.45, 2.75) is 19.8 Å². The number of nitrogens with zero attached hydrogens (tertiary/aromatic N) is 1. The normalized spacial score (nSPS) is 10.6. The number of ether oxygens (including phenoxy) is 1. The minimum Gasteiger partial charge on any atom is -0.497 e. The quantitative estimate of drug-likeness (QED) is 0.646. The molecule has 5 nitrogen and oxygen atoms in total. The van der Waals surface area contributed by atoms with Gasteiger partial charge in [0.2, 0.25) is 0 Å². The Balaban J connectivity index is 2.00. The molecule has 2 aromatic carbocycles. The van der Waals surface area contributed by atoms with Crippen LogP contribution in [0, 0.1) is 0 Å². The highest BCUT2D eigenvalue weighted by Crippen LogP contribution is 2.32. The van der Waals surface area contributed by atoms with Crippen LogP contribution in [0.3, 0.4) is 0 Å². The second-order valence-corrected chi connectivity index (χ2v) is 6.25. The number of halogens is 1. The molecule has 0 saturated carbocycles. The SMILES string of the molecule is CCCc1[nH]nc(-c2cccc(OC)c2)c1NC(=O)c1ccccc1Cl. The highest BCUT2D eigenvalue weighted by atomic mass is 35.5. The third kappa shape index (κ3) is 3.73. The molecule has 134 valence electrons. The lowest BCUT2D eigenvalue weighted by molar-refractivity contribution is 0.102. The molecule has 0 bridgehead atoms. The average molecular weight is 370 g/mol. The van der Waals surface area contributed by atoms with Crippen molar-refractivity contribution in [3.05, 3.63) is 64.8 Å². The second-order valence-electron chi connectivity index (χ2n) is 5.84. The molecule has 0 aliphatic heterocycles. The average Bonchev–Trinajstić information content (AvgIpc) is 3.05. The van der Waals surface area contributed by atoms with Crippen LogP contribution in [0.15, 0.2) is 48.5 Å². The fraction of sp³-hybridized carbons (Fsp3) is 0.200. The van der Waals surface area contributed by atoms with Crippen LogP contribution in [0.4, 0.5) is 5.69 Å². The van der Waals surface area contributed by atoms with Crippen LogP contribution in [0.5, 0.6) is 5.75 Å². The maximum Gasteiger partial charge on any atom is 0.257 e. The van der Waals surface area contributed by atoms with Crippen molar-refractivity contribution in [1.82, 2.24) is 10.2 Å². The van der Waals surface area contributed by atoms with Gasteiger partial charge < -0.3 is 10.1 Å². The van der Waals surface area contributed by atoms with E-state index >= 15 is 0 Å². The van der Waals surface area contributed by atoms with E-state index in [1.54, 1.807) is 31.4 Å². The number of aromatic nitrogens is 2.